The summed E-state index contributed by atoms with van der Waals surface area (Å²) in [6.07, 6.45) is 1.27. The minimum Gasteiger partial charge on any atom is -0.303 e. The van der Waals surface area contributed by atoms with Crippen molar-refractivity contribution in [1.29, 1.82) is 0 Å². The minimum absolute atomic E-state index is 0.0214. The zero-order valence-corrected chi connectivity index (χ0v) is 12.0. The summed E-state index contributed by atoms with van der Waals surface area (Å²) >= 11 is 3.28. The van der Waals surface area contributed by atoms with Gasteiger partial charge in [0.2, 0.25) is 0 Å². The van der Waals surface area contributed by atoms with Crippen molar-refractivity contribution in [3.05, 3.63) is 66.9 Å². The van der Waals surface area contributed by atoms with Crippen molar-refractivity contribution in [2.24, 2.45) is 14.1 Å². The third-order valence-electron chi connectivity index (χ3n) is 2.80. The molecular formula is C13H11BrN2O3. The second kappa shape index (κ2) is 4.97. The number of hydrogen-bond acceptors (Lipinski definition) is 3. The third-order valence-corrected chi connectivity index (χ3v) is 3.33. The molecule has 2 aromatic rings. The molecular weight excluding hydrogens is 312 g/mol. The summed E-state index contributed by atoms with van der Waals surface area (Å²) in [5, 5.41) is 0. The molecule has 0 saturated carbocycles. The van der Waals surface area contributed by atoms with Crippen molar-refractivity contribution in [2.75, 3.05) is 0 Å². The van der Waals surface area contributed by atoms with Crippen LogP contribution in [0.25, 0.3) is 0 Å². The first-order chi connectivity index (χ1) is 8.91. The first-order valence-electron chi connectivity index (χ1n) is 5.48. The van der Waals surface area contributed by atoms with Crippen LogP contribution in [0, 0.1) is 0 Å². The summed E-state index contributed by atoms with van der Waals surface area (Å²) in [6, 6.07) is 6.69. The highest BCUT2D eigenvalue weighted by molar-refractivity contribution is 9.10. The zero-order valence-electron chi connectivity index (χ0n) is 10.4. The Labute approximate surface area is 117 Å². The Bertz CT molecular complexity index is 757. The molecule has 0 N–H and O–H groups in total. The zero-order chi connectivity index (χ0) is 14.2. The van der Waals surface area contributed by atoms with Gasteiger partial charge >= 0.3 is 5.69 Å². The van der Waals surface area contributed by atoms with Crippen molar-refractivity contribution in [2.45, 2.75) is 0 Å². The molecule has 5 nitrogen and oxygen atoms in total. The third kappa shape index (κ3) is 2.44. The Morgan fingerprint density at radius 3 is 2.26 bits per heavy atom. The highest BCUT2D eigenvalue weighted by Crippen LogP contribution is 2.12. The molecule has 1 aromatic carbocycles. The van der Waals surface area contributed by atoms with Crippen LogP contribution in [0.3, 0.4) is 0 Å². The van der Waals surface area contributed by atoms with E-state index in [1.165, 1.54) is 24.9 Å². The first-order valence-corrected chi connectivity index (χ1v) is 6.28. The van der Waals surface area contributed by atoms with E-state index in [1.54, 1.807) is 24.3 Å². The van der Waals surface area contributed by atoms with Crippen LogP contribution < -0.4 is 11.2 Å². The van der Waals surface area contributed by atoms with E-state index in [1.807, 2.05) is 0 Å². The van der Waals surface area contributed by atoms with E-state index in [-0.39, 0.29) is 5.56 Å². The molecule has 0 amide bonds. The fourth-order valence-corrected chi connectivity index (χ4v) is 1.99. The van der Waals surface area contributed by atoms with Crippen molar-refractivity contribution in [3.8, 4) is 0 Å². The van der Waals surface area contributed by atoms with Gasteiger partial charge < -0.3 is 4.57 Å². The van der Waals surface area contributed by atoms with E-state index in [0.29, 0.717) is 5.56 Å². The number of ketones is 1. The lowest BCUT2D eigenvalue weighted by atomic mass is 10.1. The molecule has 6 heteroatoms. The predicted molar refractivity (Wildman–Crippen MR) is 74.5 cm³/mol. The fourth-order valence-electron chi connectivity index (χ4n) is 1.72. The van der Waals surface area contributed by atoms with Gasteiger partial charge in [0.1, 0.15) is 5.56 Å². The number of benzene rings is 1. The molecule has 0 aliphatic rings. The van der Waals surface area contributed by atoms with E-state index in [9.17, 15) is 14.4 Å². The summed E-state index contributed by atoms with van der Waals surface area (Å²) in [7, 11) is 2.85. The van der Waals surface area contributed by atoms with Crippen LogP contribution in [0.4, 0.5) is 0 Å². The van der Waals surface area contributed by atoms with Gasteiger partial charge in [-0.25, -0.2) is 4.79 Å². The van der Waals surface area contributed by atoms with Crippen LogP contribution in [-0.2, 0) is 14.1 Å². The maximum Gasteiger partial charge on any atom is 0.330 e. The summed E-state index contributed by atoms with van der Waals surface area (Å²) < 4.78 is 2.98. The Kier molecular flexibility index (Phi) is 3.53. The molecule has 0 radical (unpaired) electrons. The van der Waals surface area contributed by atoms with Crippen molar-refractivity contribution in [3.63, 3.8) is 0 Å². The fraction of sp³-hybridized carbons (Fsp3) is 0.154. The van der Waals surface area contributed by atoms with Gasteiger partial charge in [0, 0.05) is 30.3 Å². The molecule has 0 bridgehead atoms. The van der Waals surface area contributed by atoms with Gasteiger partial charge in [0.25, 0.3) is 5.56 Å². The second-order valence-corrected chi connectivity index (χ2v) is 5.05. The lowest BCUT2D eigenvalue weighted by Crippen LogP contribution is -2.39. The van der Waals surface area contributed by atoms with Gasteiger partial charge in [-0.05, 0) is 24.3 Å². The van der Waals surface area contributed by atoms with Gasteiger partial charge in [0.15, 0.2) is 5.78 Å². The molecule has 19 heavy (non-hydrogen) atoms. The monoisotopic (exact) mass is 322 g/mol. The van der Waals surface area contributed by atoms with E-state index in [4.69, 9.17) is 0 Å². The molecule has 1 aromatic heterocycles. The molecule has 98 valence electrons. The van der Waals surface area contributed by atoms with Crippen LogP contribution >= 0.6 is 15.9 Å². The van der Waals surface area contributed by atoms with Gasteiger partial charge in [0.05, 0.1) is 0 Å². The Balaban J connectivity index is 2.60. The number of carbonyl (C=O) groups excluding carboxylic acids is 1. The molecule has 0 saturated heterocycles. The number of carbonyl (C=O) groups is 1. The van der Waals surface area contributed by atoms with Crippen LogP contribution in [0.1, 0.15) is 15.9 Å². The average molecular weight is 323 g/mol. The van der Waals surface area contributed by atoms with Crippen LogP contribution in [0.5, 0.6) is 0 Å². The minimum atomic E-state index is -0.587. The summed E-state index contributed by atoms with van der Waals surface area (Å²) in [5.74, 6) is -0.399. The number of hydrogen-bond donors (Lipinski definition) is 0. The Morgan fingerprint density at radius 1 is 1.11 bits per heavy atom. The van der Waals surface area contributed by atoms with Gasteiger partial charge in [-0.1, -0.05) is 15.9 Å². The van der Waals surface area contributed by atoms with Gasteiger partial charge in [-0.15, -0.1) is 0 Å². The van der Waals surface area contributed by atoms with Crippen LogP contribution in [0.15, 0.2) is 44.5 Å². The summed E-state index contributed by atoms with van der Waals surface area (Å²) in [6.45, 7) is 0. The maximum absolute atomic E-state index is 12.3. The maximum atomic E-state index is 12.3. The predicted octanol–water partition coefficient (Wildman–Crippen LogP) is 1.08. The molecule has 0 aliphatic carbocycles. The highest BCUT2D eigenvalue weighted by atomic mass is 79.9. The van der Waals surface area contributed by atoms with Gasteiger partial charge in [-0.2, -0.15) is 0 Å². The molecule has 0 fully saturated rings. The SMILES string of the molecule is Cn1cc(C(=O)c2ccc(Br)cc2)c(=O)n(C)c1=O. The number of nitrogens with zero attached hydrogens (tertiary/aromatic N) is 2. The van der Waals surface area contributed by atoms with Crippen molar-refractivity contribution in [1.82, 2.24) is 9.13 Å². The number of rotatable bonds is 2. The number of halogens is 1. The van der Waals surface area contributed by atoms with Crippen molar-refractivity contribution >= 4 is 21.7 Å². The smallest absolute Gasteiger partial charge is 0.303 e. The quantitative estimate of drug-likeness (QED) is 0.777. The van der Waals surface area contributed by atoms with Crippen molar-refractivity contribution < 1.29 is 4.79 Å². The van der Waals surface area contributed by atoms with Crippen LogP contribution in [0.2, 0.25) is 0 Å². The largest absolute Gasteiger partial charge is 0.330 e. The molecule has 2 rings (SSSR count). The van der Waals surface area contributed by atoms with E-state index in [0.717, 1.165) is 9.04 Å². The van der Waals surface area contributed by atoms with E-state index >= 15 is 0 Å². The molecule has 0 spiro atoms. The summed E-state index contributed by atoms with van der Waals surface area (Å²) in [5.41, 5.74) is -0.667. The Hall–Kier alpha value is -1.95. The molecule has 0 atom stereocenters. The average Bonchev–Trinajstić information content (AvgIpc) is 2.40. The first kappa shape index (κ1) is 13.5. The topological polar surface area (TPSA) is 61.1 Å². The molecule has 1 heterocycles. The van der Waals surface area contributed by atoms with Gasteiger partial charge in [-0.3, -0.25) is 14.2 Å². The highest BCUT2D eigenvalue weighted by Gasteiger charge is 2.16. The van der Waals surface area contributed by atoms with Crippen LogP contribution in [-0.4, -0.2) is 14.9 Å². The second-order valence-electron chi connectivity index (χ2n) is 4.14. The van der Waals surface area contributed by atoms with E-state index in [2.05, 4.69) is 15.9 Å². The lowest BCUT2D eigenvalue weighted by molar-refractivity contribution is 0.103. The molecule has 0 unspecified atom stereocenters. The number of aryl methyl sites for hydroxylation is 1. The summed E-state index contributed by atoms with van der Waals surface area (Å²) in [4.78, 5) is 35.7. The number of aromatic nitrogens is 2. The standard InChI is InChI=1S/C13H11BrN2O3/c1-15-7-10(12(18)16(2)13(15)19)11(17)8-3-5-9(14)6-4-8/h3-7H,1-2H3. The lowest BCUT2D eigenvalue weighted by Gasteiger charge is -2.06. The molecule has 0 aliphatic heterocycles. The Morgan fingerprint density at radius 2 is 1.68 bits per heavy atom. The van der Waals surface area contributed by atoms with E-state index < -0.39 is 17.0 Å². The normalized spacial score (nSPS) is 10.5.